The molecule has 1 saturated heterocycles. The molecule has 1 aliphatic heterocycles. The summed E-state index contributed by atoms with van der Waals surface area (Å²) >= 11 is 0. The summed E-state index contributed by atoms with van der Waals surface area (Å²) in [6, 6.07) is 2.75. The highest BCUT2D eigenvalue weighted by atomic mass is 32.2. The van der Waals surface area contributed by atoms with Crippen molar-refractivity contribution in [2.45, 2.75) is 43.2 Å². The second-order valence-corrected chi connectivity index (χ2v) is 6.96. The Balaban J connectivity index is 2.31. The number of aromatic nitrogens is 1. The van der Waals surface area contributed by atoms with Crippen LogP contribution < -0.4 is 10.5 Å². The maximum atomic E-state index is 12.7. The summed E-state index contributed by atoms with van der Waals surface area (Å²) in [5.74, 6) is 0.395. The minimum atomic E-state index is -3.55. The Morgan fingerprint density at radius 3 is 2.75 bits per heavy atom. The topological polar surface area (TPSA) is 85.5 Å². The number of hydrogen-bond donors (Lipinski definition) is 1. The number of sulfonamides is 1. The van der Waals surface area contributed by atoms with Crippen molar-refractivity contribution in [3.05, 3.63) is 18.3 Å². The van der Waals surface area contributed by atoms with E-state index in [-0.39, 0.29) is 17.0 Å². The first kappa shape index (κ1) is 15.2. The van der Waals surface area contributed by atoms with Crippen LogP contribution in [0, 0.1) is 0 Å². The van der Waals surface area contributed by atoms with Crippen molar-refractivity contribution in [1.82, 2.24) is 9.29 Å². The quantitative estimate of drug-likeness (QED) is 0.895. The minimum absolute atomic E-state index is 0.143. The van der Waals surface area contributed by atoms with Gasteiger partial charge in [-0.25, -0.2) is 13.4 Å². The van der Waals surface area contributed by atoms with Gasteiger partial charge in [0.15, 0.2) is 0 Å². The molecule has 20 heavy (non-hydrogen) atoms. The zero-order valence-electron chi connectivity index (χ0n) is 11.8. The SMILES string of the molecule is COc1ccc(S(=O)(=O)N2CCCCC2C(C)N)cn1. The number of nitrogens with zero attached hydrogens (tertiary/aromatic N) is 2. The maximum Gasteiger partial charge on any atom is 0.244 e. The van der Waals surface area contributed by atoms with Gasteiger partial charge < -0.3 is 10.5 Å². The van der Waals surface area contributed by atoms with E-state index in [2.05, 4.69) is 4.98 Å². The third kappa shape index (κ3) is 2.94. The number of pyridine rings is 1. The minimum Gasteiger partial charge on any atom is -0.481 e. The molecule has 0 aromatic carbocycles. The monoisotopic (exact) mass is 299 g/mol. The Morgan fingerprint density at radius 2 is 2.20 bits per heavy atom. The third-order valence-corrected chi connectivity index (χ3v) is 5.54. The Labute approximate surface area is 120 Å². The molecule has 0 amide bonds. The third-order valence-electron chi connectivity index (χ3n) is 3.63. The second kappa shape index (κ2) is 6.07. The molecular weight excluding hydrogens is 278 g/mol. The number of ether oxygens (including phenoxy) is 1. The average molecular weight is 299 g/mol. The van der Waals surface area contributed by atoms with Crippen LogP contribution in [0.4, 0.5) is 0 Å². The number of piperidine rings is 1. The lowest BCUT2D eigenvalue weighted by Crippen LogP contribution is -2.51. The highest BCUT2D eigenvalue weighted by Gasteiger charge is 2.35. The fourth-order valence-electron chi connectivity index (χ4n) is 2.53. The standard InChI is InChI=1S/C13H21N3O3S/c1-10(14)12-5-3-4-8-16(12)20(17,18)11-6-7-13(19-2)15-9-11/h6-7,9-10,12H,3-5,8,14H2,1-2H3. The zero-order chi connectivity index (χ0) is 14.8. The fraction of sp³-hybridized carbons (Fsp3) is 0.615. The molecule has 2 N–H and O–H groups in total. The molecule has 0 saturated carbocycles. The zero-order valence-corrected chi connectivity index (χ0v) is 12.6. The lowest BCUT2D eigenvalue weighted by atomic mass is 10.00. The van der Waals surface area contributed by atoms with Gasteiger partial charge in [-0.3, -0.25) is 0 Å². The van der Waals surface area contributed by atoms with Crippen LogP contribution >= 0.6 is 0 Å². The van der Waals surface area contributed by atoms with E-state index < -0.39 is 10.0 Å². The van der Waals surface area contributed by atoms with Crippen molar-refractivity contribution in [2.24, 2.45) is 5.73 Å². The molecular formula is C13H21N3O3S. The molecule has 7 heteroatoms. The summed E-state index contributed by atoms with van der Waals surface area (Å²) in [6.07, 6.45) is 4.02. The van der Waals surface area contributed by atoms with E-state index in [9.17, 15) is 8.42 Å². The van der Waals surface area contributed by atoms with Gasteiger partial charge in [0.25, 0.3) is 0 Å². The van der Waals surface area contributed by atoms with Gasteiger partial charge in [-0.2, -0.15) is 4.31 Å². The van der Waals surface area contributed by atoms with E-state index in [0.29, 0.717) is 12.4 Å². The summed E-state index contributed by atoms with van der Waals surface area (Å²) in [5, 5.41) is 0. The molecule has 0 aliphatic carbocycles. The molecule has 2 heterocycles. The summed E-state index contributed by atoms with van der Waals surface area (Å²) in [6.45, 7) is 2.37. The lowest BCUT2D eigenvalue weighted by molar-refractivity contribution is 0.227. The predicted molar refractivity (Wildman–Crippen MR) is 76.0 cm³/mol. The van der Waals surface area contributed by atoms with Crippen LogP contribution in [-0.2, 0) is 10.0 Å². The molecule has 1 aromatic heterocycles. The van der Waals surface area contributed by atoms with E-state index in [1.165, 1.54) is 23.7 Å². The second-order valence-electron chi connectivity index (χ2n) is 5.07. The van der Waals surface area contributed by atoms with Crippen molar-refractivity contribution in [1.29, 1.82) is 0 Å². The summed E-state index contributed by atoms with van der Waals surface area (Å²) in [7, 11) is -2.05. The molecule has 0 spiro atoms. The van der Waals surface area contributed by atoms with Crippen LogP contribution in [-0.4, -0.2) is 43.4 Å². The maximum absolute atomic E-state index is 12.7. The van der Waals surface area contributed by atoms with E-state index in [0.717, 1.165) is 19.3 Å². The first-order valence-corrected chi connectivity index (χ1v) is 8.18. The van der Waals surface area contributed by atoms with Crippen LogP contribution in [0.15, 0.2) is 23.2 Å². The van der Waals surface area contributed by atoms with E-state index in [1.807, 2.05) is 6.92 Å². The summed E-state index contributed by atoms with van der Waals surface area (Å²) in [5.41, 5.74) is 5.94. The lowest BCUT2D eigenvalue weighted by Gasteiger charge is -2.36. The molecule has 1 aromatic rings. The number of rotatable bonds is 4. The molecule has 1 fully saturated rings. The first-order valence-electron chi connectivity index (χ1n) is 6.74. The fourth-order valence-corrected chi connectivity index (χ4v) is 4.25. The largest absolute Gasteiger partial charge is 0.481 e. The summed E-state index contributed by atoms with van der Waals surface area (Å²) in [4.78, 5) is 4.15. The van der Waals surface area contributed by atoms with Crippen molar-refractivity contribution < 1.29 is 13.2 Å². The highest BCUT2D eigenvalue weighted by Crippen LogP contribution is 2.26. The van der Waals surface area contributed by atoms with Crippen LogP contribution in [0.2, 0.25) is 0 Å². The van der Waals surface area contributed by atoms with Crippen molar-refractivity contribution in [3.8, 4) is 5.88 Å². The molecule has 2 unspecified atom stereocenters. The van der Waals surface area contributed by atoms with Crippen molar-refractivity contribution in [3.63, 3.8) is 0 Å². The van der Waals surface area contributed by atoms with Gasteiger partial charge in [-0.05, 0) is 25.8 Å². The number of nitrogens with two attached hydrogens (primary N) is 1. The van der Waals surface area contributed by atoms with E-state index in [4.69, 9.17) is 10.5 Å². The highest BCUT2D eigenvalue weighted by molar-refractivity contribution is 7.89. The molecule has 2 atom stereocenters. The first-order chi connectivity index (χ1) is 9.46. The predicted octanol–water partition coefficient (Wildman–Crippen LogP) is 0.981. The van der Waals surface area contributed by atoms with Crippen LogP contribution in [0.1, 0.15) is 26.2 Å². The van der Waals surface area contributed by atoms with Gasteiger partial charge in [-0.15, -0.1) is 0 Å². The van der Waals surface area contributed by atoms with Crippen molar-refractivity contribution in [2.75, 3.05) is 13.7 Å². The van der Waals surface area contributed by atoms with Gasteiger partial charge in [0.2, 0.25) is 15.9 Å². The molecule has 1 aliphatic rings. The smallest absolute Gasteiger partial charge is 0.244 e. The van der Waals surface area contributed by atoms with Gasteiger partial charge >= 0.3 is 0 Å². The van der Waals surface area contributed by atoms with Crippen molar-refractivity contribution >= 4 is 10.0 Å². The van der Waals surface area contributed by atoms with Gasteiger partial charge in [0.1, 0.15) is 4.90 Å². The Kier molecular flexibility index (Phi) is 4.62. The van der Waals surface area contributed by atoms with Gasteiger partial charge in [0, 0.05) is 24.7 Å². The Hall–Kier alpha value is -1.18. The number of methoxy groups -OCH3 is 1. The number of hydrogen-bond acceptors (Lipinski definition) is 5. The van der Waals surface area contributed by atoms with Gasteiger partial charge in [-0.1, -0.05) is 6.42 Å². The van der Waals surface area contributed by atoms with Crippen LogP contribution in [0.5, 0.6) is 5.88 Å². The van der Waals surface area contributed by atoms with Crippen LogP contribution in [0.25, 0.3) is 0 Å². The summed E-state index contributed by atoms with van der Waals surface area (Å²) < 4.78 is 31.8. The Morgan fingerprint density at radius 1 is 1.45 bits per heavy atom. The molecule has 0 bridgehead atoms. The van der Waals surface area contributed by atoms with Crippen LogP contribution in [0.3, 0.4) is 0 Å². The molecule has 2 rings (SSSR count). The van der Waals surface area contributed by atoms with Gasteiger partial charge in [0.05, 0.1) is 13.3 Å². The van der Waals surface area contributed by atoms with E-state index in [1.54, 1.807) is 6.07 Å². The average Bonchev–Trinajstić information content (AvgIpc) is 2.47. The normalized spacial score (nSPS) is 22.4. The molecule has 6 nitrogen and oxygen atoms in total. The Bertz CT molecular complexity index is 542. The molecule has 0 radical (unpaired) electrons. The molecule has 112 valence electrons. The van der Waals surface area contributed by atoms with E-state index >= 15 is 0 Å².